The second-order valence-electron chi connectivity index (χ2n) is 16.4. The highest BCUT2D eigenvalue weighted by Crippen LogP contribution is 2.45. The van der Waals surface area contributed by atoms with Crippen LogP contribution in [0, 0.1) is 11.3 Å². The monoisotopic (exact) mass is 775 g/mol. The largest absolute Gasteiger partial charge is 0.497 e. The molecule has 2 heterocycles. The first-order valence-electron chi connectivity index (χ1n) is 19.2. The Hall–Kier alpha value is -5.95. The van der Waals surface area contributed by atoms with Gasteiger partial charge in [0, 0.05) is 41.8 Å². The number of hydrogen-bond acceptors (Lipinski definition) is 8. The van der Waals surface area contributed by atoms with Crippen LogP contribution in [-0.4, -0.2) is 87.4 Å². The van der Waals surface area contributed by atoms with Gasteiger partial charge < -0.3 is 40.5 Å². The van der Waals surface area contributed by atoms with E-state index in [0.29, 0.717) is 34.5 Å². The lowest BCUT2D eigenvalue weighted by Crippen LogP contribution is -2.57. The zero-order chi connectivity index (χ0) is 40.6. The van der Waals surface area contributed by atoms with Crippen molar-refractivity contribution in [3.63, 3.8) is 0 Å². The molecule has 3 aliphatic rings. The van der Waals surface area contributed by atoms with E-state index >= 15 is 0 Å². The van der Waals surface area contributed by atoms with Crippen molar-refractivity contribution in [2.45, 2.75) is 82.3 Å². The van der Waals surface area contributed by atoms with Crippen LogP contribution in [0.3, 0.4) is 0 Å². The molecule has 1 saturated carbocycles. The molecular formula is C44H49N5O8. The van der Waals surface area contributed by atoms with Crippen molar-refractivity contribution >= 4 is 34.7 Å². The maximum atomic E-state index is 14.4. The summed E-state index contributed by atoms with van der Waals surface area (Å²) in [7, 11) is 1.57. The second kappa shape index (κ2) is 15.5. The fraction of sp³-hybridized carbons (Fsp3) is 0.386. The number of aliphatic hydroxyl groups excluding tert-OH is 1. The Labute approximate surface area is 331 Å². The molecule has 1 aromatic heterocycles. The van der Waals surface area contributed by atoms with Gasteiger partial charge in [-0.05, 0) is 41.5 Å². The molecule has 5 N–H and O–H groups in total. The number of amides is 4. The number of aromatic nitrogens is 1. The number of urea groups is 1. The number of ether oxygens (including phenoxy) is 2. The van der Waals surface area contributed by atoms with Gasteiger partial charge in [-0.15, -0.1) is 6.58 Å². The van der Waals surface area contributed by atoms with Crippen LogP contribution in [-0.2, 0) is 20.8 Å². The molecular weight excluding hydrogens is 727 g/mol. The number of likely N-dealkylation sites (tertiary alicyclic amines) is 1. The number of rotatable bonds is 12. The molecule has 13 heteroatoms. The summed E-state index contributed by atoms with van der Waals surface area (Å²) >= 11 is 0. The van der Waals surface area contributed by atoms with E-state index < -0.39 is 71.0 Å². The predicted molar refractivity (Wildman–Crippen MR) is 213 cm³/mol. The zero-order valence-electron chi connectivity index (χ0n) is 32.5. The molecule has 4 aromatic rings. The van der Waals surface area contributed by atoms with Gasteiger partial charge in [0.2, 0.25) is 11.8 Å². The number of hydrogen-bond donors (Lipinski definition) is 5. The molecule has 2 aliphatic carbocycles. The van der Waals surface area contributed by atoms with E-state index in [1.54, 1.807) is 19.2 Å². The number of carboxylic acids is 1. The molecule has 0 bridgehead atoms. The van der Waals surface area contributed by atoms with Crippen molar-refractivity contribution < 1.29 is 38.9 Å². The van der Waals surface area contributed by atoms with Crippen molar-refractivity contribution in [1.82, 2.24) is 25.8 Å². The Kier molecular flexibility index (Phi) is 10.7. The third-order valence-electron chi connectivity index (χ3n) is 11.1. The van der Waals surface area contributed by atoms with Crippen LogP contribution in [0.25, 0.3) is 22.2 Å². The number of carbonyl (C=O) groups is 4. The third kappa shape index (κ3) is 8.15. The summed E-state index contributed by atoms with van der Waals surface area (Å²) in [5.41, 5.74) is 1.94. The van der Waals surface area contributed by atoms with Gasteiger partial charge in [0.25, 0.3) is 0 Å². The minimum atomic E-state index is -1.53. The first-order chi connectivity index (χ1) is 27.2. The molecule has 13 nitrogen and oxygen atoms in total. The van der Waals surface area contributed by atoms with Crippen LogP contribution in [0.5, 0.6) is 11.5 Å². The number of benzene rings is 3. The van der Waals surface area contributed by atoms with E-state index in [9.17, 15) is 29.4 Å². The normalized spacial score (nSPS) is 24.2. The maximum absolute atomic E-state index is 14.4. The van der Waals surface area contributed by atoms with Crippen molar-refractivity contribution in [3.8, 4) is 22.8 Å². The van der Waals surface area contributed by atoms with E-state index in [1.165, 1.54) is 11.0 Å². The van der Waals surface area contributed by atoms with Gasteiger partial charge >= 0.3 is 12.0 Å². The van der Waals surface area contributed by atoms with Gasteiger partial charge in [0.15, 0.2) is 0 Å². The van der Waals surface area contributed by atoms with Crippen LogP contribution in [0.15, 0.2) is 91.5 Å². The minimum Gasteiger partial charge on any atom is -0.497 e. The summed E-state index contributed by atoms with van der Waals surface area (Å²) in [4.78, 5) is 61.1. The first kappa shape index (κ1) is 39.3. The molecule has 1 saturated heterocycles. The maximum Gasteiger partial charge on any atom is 0.330 e. The number of carbonyl (C=O) groups excluding carboxylic acids is 3. The Morgan fingerprint density at radius 3 is 2.47 bits per heavy atom. The summed E-state index contributed by atoms with van der Waals surface area (Å²) < 4.78 is 12.1. The lowest BCUT2D eigenvalue weighted by Gasteiger charge is -2.31. The lowest BCUT2D eigenvalue weighted by atomic mass is 9.87. The summed E-state index contributed by atoms with van der Waals surface area (Å²) in [5, 5.41) is 30.3. The number of pyridine rings is 1. The third-order valence-corrected chi connectivity index (χ3v) is 11.1. The van der Waals surface area contributed by atoms with E-state index in [1.807, 2.05) is 87.5 Å². The molecule has 4 amide bonds. The number of aliphatic carboxylic acids is 1. The second-order valence-corrected chi connectivity index (χ2v) is 16.4. The van der Waals surface area contributed by atoms with Crippen molar-refractivity contribution in [2.24, 2.45) is 11.3 Å². The Morgan fingerprint density at radius 1 is 1.05 bits per heavy atom. The van der Waals surface area contributed by atoms with Crippen molar-refractivity contribution in [2.75, 3.05) is 13.7 Å². The van der Waals surface area contributed by atoms with E-state index in [0.717, 1.165) is 16.7 Å². The first-order valence-corrected chi connectivity index (χ1v) is 19.2. The molecule has 3 aromatic carbocycles. The molecule has 7 rings (SSSR count). The van der Waals surface area contributed by atoms with Crippen LogP contribution >= 0.6 is 0 Å². The highest BCUT2D eigenvalue weighted by molar-refractivity contribution is 5.95. The number of carboxylic acid groups (broad SMARTS) is 1. The molecule has 1 aliphatic heterocycles. The topological polar surface area (TPSA) is 179 Å². The average molecular weight is 776 g/mol. The Bertz CT molecular complexity index is 2210. The minimum absolute atomic E-state index is 0.0372. The van der Waals surface area contributed by atoms with E-state index in [4.69, 9.17) is 14.5 Å². The molecule has 7 atom stereocenters. The molecule has 0 spiro atoms. The highest BCUT2D eigenvalue weighted by Gasteiger charge is 2.61. The summed E-state index contributed by atoms with van der Waals surface area (Å²) in [6, 6.07) is 20.9. The van der Waals surface area contributed by atoms with E-state index in [-0.39, 0.29) is 25.8 Å². The van der Waals surface area contributed by atoms with Gasteiger partial charge in [0.1, 0.15) is 35.2 Å². The molecule has 298 valence electrons. The van der Waals surface area contributed by atoms with Crippen LogP contribution < -0.4 is 25.4 Å². The smallest absolute Gasteiger partial charge is 0.330 e. The van der Waals surface area contributed by atoms with Crippen molar-refractivity contribution in [1.29, 1.82) is 0 Å². The number of nitrogens with zero attached hydrogens (tertiary/aromatic N) is 2. The summed E-state index contributed by atoms with van der Waals surface area (Å²) in [6.07, 6.45) is 0.808. The Balaban J connectivity index is 1.18. The lowest BCUT2D eigenvalue weighted by molar-refractivity contribution is -0.144. The van der Waals surface area contributed by atoms with Gasteiger partial charge in [-0.2, -0.15) is 0 Å². The number of aliphatic hydroxyl groups is 1. The van der Waals surface area contributed by atoms with Gasteiger partial charge in [0.05, 0.1) is 37.0 Å². The summed E-state index contributed by atoms with van der Waals surface area (Å²) in [5.74, 6) is -1.70. The van der Waals surface area contributed by atoms with Crippen LogP contribution in [0.1, 0.15) is 57.2 Å². The van der Waals surface area contributed by atoms with Crippen LogP contribution in [0.2, 0.25) is 0 Å². The van der Waals surface area contributed by atoms with Crippen LogP contribution in [0.4, 0.5) is 4.79 Å². The molecule has 0 radical (unpaired) electrons. The number of methoxy groups -OCH3 is 1. The van der Waals surface area contributed by atoms with Gasteiger partial charge in [-0.1, -0.05) is 81.4 Å². The molecule has 0 unspecified atom stereocenters. The zero-order valence-corrected chi connectivity index (χ0v) is 32.5. The quantitative estimate of drug-likeness (QED) is 0.122. The standard InChI is InChI=1S/C44H49N5O8/c1-6-27-22-44(27,41(53)54)48-40(52)35-20-29(57-37-21-32(25-12-8-7-9-13-25)45-33-19-28(56-5)16-17-31(33)37)24-49(35)42(55)46-34(23-43(2,3)4)39(51)47-38-30-15-11-10-14-26(30)18-36(38)50/h6-17,19,21,27,29,34-36,38,50H,1,18,20,22-24H2,2-5H3,(H,46,55)(H,47,51)(H,48,52)(H,53,54)/t27-,29-,34+,35+,36-,38+,44-/m1/s1. The fourth-order valence-electron chi connectivity index (χ4n) is 8.07. The Morgan fingerprint density at radius 2 is 1.79 bits per heavy atom. The molecule has 57 heavy (non-hydrogen) atoms. The SMILES string of the molecule is C=C[C@@H]1C[C@]1(NC(=O)[C@@H]1C[C@@H](Oc2cc(-c3ccccc3)nc3cc(OC)ccc23)CN1C(=O)N[C@@H](CC(C)(C)C)C(=O)N[C@H]1c2ccccc2C[C@H]1O)C(=O)O. The highest BCUT2D eigenvalue weighted by atomic mass is 16.5. The average Bonchev–Trinajstić information content (AvgIpc) is 3.59. The predicted octanol–water partition coefficient (Wildman–Crippen LogP) is 5.17. The molecule has 2 fully saturated rings. The van der Waals surface area contributed by atoms with Gasteiger partial charge in [-0.25, -0.2) is 14.6 Å². The summed E-state index contributed by atoms with van der Waals surface area (Å²) in [6.45, 7) is 9.53. The number of nitrogens with one attached hydrogen (secondary N) is 3. The fourth-order valence-corrected chi connectivity index (χ4v) is 8.07. The van der Waals surface area contributed by atoms with Gasteiger partial charge in [-0.3, -0.25) is 9.59 Å². The van der Waals surface area contributed by atoms with Crippen molar-refractivity contribution in [3.05, 3.63) is 103 Å². The number of fused-ring (bicyclic) bond motifs is 2. The van der Waals surface area contributed by atoms with E-state index in [2.05, 4.69) is 22.5 Å².